The molecule has 0 bridgehead atoms. The molecule has 1 aliphatic rings. The Bertz CT molecular complexity index is 777. The Hall–Kier alpha value is -1.72. The molecule has 0 radical (unpaired) electrons. The van der Waals surface area contributed by atoms with E-state index < -0.39 is 0 Å². The Balaban J connectivity index is 1.63. The minimum Gasteiger partial charge on any atom is -0.368 e. The Morgan fingerprint density at radius 2 is 1.78 bits per heavy atom. The summed E-state index contributed by atoms with van der Waals surface area (Å²) in [5, 5.41) is 1.26. The number of H-pyrrole nitrogens is 1. The van der Waals surface area contributed by atoms with Crippen LogP contribution >= 0.6 is 23.2 Å². The van der Waals surface area contributed by atoms with Gasteiger partial charge in [0.05, 0.1) is 0 Å². The molecule has 0 aliphatic carbocycles. The summed E-state index contributed by atoms with van der Waals surface area (Å²) in [5.41, 5.74) is 2.03. The molecule has 2 aromatic rings. The number of nitrogens with zero attached hydrogens (tertiary/aromatic N) is 3. The lowest BCUT2D eigenvalue weighted by molar-refractivity contribution is -0.137. The molecule has 1 N–H and O–H groups in total. The summed E-state index contributed by atoms with van der Waals surface area (Å²) in [7, 11) is 0. The van der Waals surface area contributed by atoms with Gasteiger partial charge in [-0.3, -0.25) is 4.79 Å². The number of aryl methyl sites for hydroxylation is 1. The molecule has 0 spiro atoms. The van der Waals surface area contributed by atoms with Gasteiger partial charge < -0.3 is 14.8 Å². The van der Waals surface area contributed by atoms with Crippen molar-refractivity contribution in [2.75, 3.05) is 31.1 Å². The van der Waals surface area contributed by atoms with Crippen LogP contribution in [0.4, 0.5) is 5.69 Å². The van der Waals surface area contributed by atoms with Crippen LogP contribution in [-0.2, 0) is 11.2 Å². The van der Waals surface area contributed by atoms with Gasteiger partial charge in [-0.05, 0) is 31.0 Å². The van der Waals surface area contributed by atoms with Crippen LogP contribution in [0.1, 0.15) is 25.4 Å². The van der Waals surface area contributed by atoms with E-state index in [1.54, 1.807) is 6.07 Å². The first kappa shape index (κ1) is 20.0. The van der Waals surface area contributed by atoms with Gasteiger partial charge in [0.25, 0.3) is 0 Å². The number of halogens is 2. The van der Waals surface area contributed by atoms with Crippen molar-refractivity contribution in [3.63, 3.8) is 0 Å². The molecule has 5 nitrogen and oxygen atoms in total. The zero-order valence-electron chi connectivity index (χ0n) is 16.0. The second-order valence-electron chi connectivity index (χ2n) is 7.51. The summed E-state index contributed by atoms with van der Waals surface area (Å²) in [6, 6.07) is 5.57. The fourth-order valence-electron chi connectivity index (χ4n) is 3.53. The summed E-state index contributed by atoms with van der Waals surface area (Å²) in [6.07, 6.45) is 2.46. The number of benzene rings is 1. The first-order valence-electron chi connectivity index (χ1n) is 9.34. The van der Waals surface area contributed by atoms with Crippen molar-refractivity contribution in [1.82, 2.24) is 14.9 Å². The van der Waals surface area contributed by atoms with Crippen molar-refractivity contribution < 1.29 is 4.79 Å². The third-order valence-corrected chi connectivity index (χ3v) is 5.53. The van der Waals surface area contributed by atoms with E-state index in [9.17, 15) is 4.79 Å². The molecule has 1 atom stereocenters. The summed E-state index contributed by atoms with van der Waals surface area (Å²) in [5.74, 6) is 1.28. The number of hydrogen-bond donors (Lipinski definition) is 1. The van der Waals surface area contributed by atoms with Gasteiger partial charge >= 0.3 is 0 Å². The van der Waals surface area contributed by atoms with Crippen LogP contribution in [0, 0.1) is 18.8 Å². The summed E-state index contributed by atoms with van der Waals surface area (Å²) < 4.78 is 0. The van der Waals surface area contributed by atoms with Crippen molar-refractivity contribution in [3.8, 4) is 0 Å². The normalized spacial score (nSPS) is 16.1. The average Bonchev–Trinajstić information content (AvgIpc) is 3.03. The van der Waals surface area contributed by atoms with Crippen LogP contribution in [0.5, 0.6) is 0 Å². The van der Waals surface area contributed by atoms with E-state index >= 15 is 0 Å². The zero-order chi connectivity index (χ0) is 19.6. The number of anilines is 1. The Kier molecular flexibility index (Phi) is 6.33. The number of rotatable bonds is 5. The minimum atomic E-state index is -0.0669. The lowest BCUT2D eigenvalue weighted by Gasteiger charge is -2.38. The van der Waals surface area contributed by atoms with E-state index in [1.807, 2.05) is 30.2 Å². The van der Waals surface area contributed by atoms with Crippen LogP contribution in [0.3, 0.4) is 0 Å². The molecule has 1 aromatic heterocycles. The molecular formula is C20H26Cl2N4O. The highest BCUT2D eigenvalue weighted by Crippen LogP contribution is 2.27. The fraction of sp³-hybridized carbons (Fsp3) is 0.500. The number of imidazole rings is 1. The summed E-state index contributed by atoms with van der Waals surface area (Å²) in [6.45, 7) is 9.11. The van der Waals surface area contributed by atoms with Crippen LogP contribution in [0.15, 0.2) is 24.4 Å². The standard InChI is InChI=1S/C20H26Cl2N4O/c1-13(2)18(11-19-23-12-14(3)24-19)20(27)26-6-4-25(5-7-26)17-9-15(21)8-16(22)10-17/h8-10,12-13,18H,4-7,11H2,1-3H3,(H,23,24). The minimum absolute atomic E-state index is 0.0669. The van der Waals surface area contributed by atoms with E-state index in [-0.39, 0.29) is 17.7 Å². The largest absolute Gasteiger partial charge is 0.368 e. The van der Waals surface area contributed by atoms with Crippen molar-refractivity contribution in [1.29, 1.82) is 0 Å². The number of carbonyl (C=O) groups excluding carboxylic acids is 1. The SMILES string of the molecule is Cc1cnc(CC(C(=O)N2CCN(c3cc(Cl)cc(Cl)c3)CC2)C(C)C)[nH]1. The number of nitrogens with one attached hydrogen (secondary N) is 1. The molecule has 3 rings (SSSR count). The second-order valence-corrected chi connectivity index (χ2v) is 8.38. The number of aromatic nitrogens is 2. The zero-order valence-corrected chi connectivity index (χ0v) is 17.5. The van der Waals surface area contributed by atoms with Gasteiger partial charge in [-0.1, -0.05) is 37.0 Å². The molecule has 146 valence electrons. The smallest absolute Gasteiger partial charge is 0.226 e. The van der Waals surface area contributed by atoms with Gasteiger partial charge in [0.1, 0.15) is 5.82 Å². The van der Waals surface area contributed by atoms with E-state index in [0.717, 1.165) is 30.3 Å². The number of amides is 1. The molecule has 0 saturated carbocycles. The average molecular weight is 409 g/mol. The highest BCUT2D eigenvalue weighted by Gasteiger charge is 2.30. The van der Waals surface area contributed by atoms with E-state index in [0.29, 0.717) is 29.6 Å². The fourth-order valence-corrected chi connectivity index (χ4v) is 4.04. The Morgan fingerprint density at radius 3 is 2.30 bits per heavy atom. The molecule has 1 unspecified atom stereocenters. The van der Waals surface area contributed by atoms with Crippen LogP contribution in [-0.4, -0.2) is 47.0 Å². The maximum atomic E-state index is 13.1. The third kappa shape index (κ3) is 4.96. The first-order valence-corrected chi connectivity index (χ1v) is 10.1. The van der Waals surface area contributed by atoms with Crippen molar-refractivity contribution >= 4 is 34.8 Å². The Morgan fingerprint density at radius 1 is 1.15 bits per heavy atom. The molecule has 1 aromatic carbocycles. The summed E-state index contributed by atoms with van der Waals surface area (Å²) in [4.78, 5) is 24.9. The predicted octanol–water partition coefficient (Wildman–Crippen LogP) is 4.19. The predicted molar refractivity (Wildman–Crippen MR) is 111 cm³/mol. The van der Waals surface area contributed by atoms with Crippen molar-refractivity contribution in [2.45, 2.75) is 27.2 Å². The maximum absolute atomic E-state index is 13.1. The van der Waals surface area contributed by atoms with Gasteiger partial charge in [0, 0.05) is 66.1 Å². The number of carbonyl (C=O) groups is 1. The second kappa shape index (κ2) is 8.53. The molecule has 1 fully saturated rings. The van der Waals surface area contributed by atoms with Gasteiger partial charge in [-0.2, -0.15) is 0 Å². The lowest BCUT2D eigenvalue weighted by atomic mass is 9.90. The highest BCUT2D eigenvalue weighted by molar-refractivity contribution is 6.35. The van der Waals surface area contributed by atoms with Crippen LogP contribution in [0.25, 0.3) is 0 Å². The molecule has 2 heterocycles. The van der Waals surface area contributed by atoms with E-state index in [1.165, 1.54) is 0 Å². The van der Waals surface area contributed by atoms with Crippen LogP contribution in [0.2, 0.25) is 10.0 Å². The molecular weight excluding hydrogens is 383 g/mol. The highest BCUT2D eigenvalue weighted by atomic mass is 35.5. The lowest BCUT2D eigenvalue weighted by Crippen LogP contribution is -2.51. The van der Waals surface area contributed by atoms with Gasteiger partial charge in [0.2, 0.25) is 5.91 Å². The van der Waals surface area contributed by atoms with Crippen molar-refractivity contribution in [2.24, 2.45) is 11.8 Å². The van der Waals surface area contributed by atoms with Gasteiger partial charge in [-0.15, -0.1) is 0 Å². The molecule has 1 saturated heterocycles. The molecule has 7 heteroatoms. The molecule has 1 amide bonds. The Labute approximate surface area is 170 Å². The monoisotopic (exact) mass is 408 g/mol. The first-order chi connectivity index (χ1) is 12.8. The topological polar surface area (TPSA) is 52.2 Å². The molecule has 27 heavy (non-hydrogen) atoms. The van der Waals surface area contributed by atoms with E-state index in [2.05, 4.69) is 28.7 Å². The van der Waals surface area contributed by atoms with Gasteiger partial charge in [0.15, 0.2) is 0 Å². The van der Waals surface area contributed by atoms with Crippen LogP contribution < -0.4 is 4.90 Å². The van der Waals surface area contributed by atoms with Gasteiger partial charge in [-0.25, -0.2) is 4.98 Å². The quantitative estimate of drug-likeness (QED) is 0.806. The van der Waals surface area contributed by atoms with E-state index in [4.69, 9.17) is 23.2 Å². The summed E-state index contributed by atoms with van der Waals surface area (Å²) >= 11 is 12.2. The number of aromatic amines is 1. The van der Waals surface area contributed by atoms with Crippen molar-refractivity contribution in [3.05, 3.63) is 46.0 Å². The third-order valence-electron chi connectivity index (χ3n) is 5.09. The maximum Gasteiger partial charge on any atom is 0.226 e. The number of hydrogen-bond acceptors (Lipinski definition) is 3. The number of piperazine rings is 1. The molecule has 1 aliphatic heterocycles.